The summed E-state index contributed by atoms with van der Waals surface area (Å²) in [6.45, 7) is 0. The van der Waals surface area contributed by atoms with Gasteiger partial charge in [-0.05, 0) is 175 Å². The SMILES string of the molecule is c1ccc(C2(c3cccc(N(c4ccc5c(c4)C4(c6ccccc6-5)C5CC6CC7CC4C675)c4ccccc4-c4cccc5cccc(C6CCCCC6)c45)c3)c3ccccc3-c3ccccc32)cc1. The van der Waals surface area contributed by atoms with Crippen LogP contribution in [0, 0.1) is 29.1 Å². The molecular formula is C68H55N. The van der Waals surface area contributed by atoms with Crippen LogP contribution in [0.5, 0.6) is 0 Å². The van der Waals surface area contributed by atoms with Crippen LogP contribution >= 0.6 is 0 Å². The smallest absolute Gasteiger partial charge is 0.0714 e. The van der Waals surface area contributed by atoms with Gasteiger partial charge in [0.1, 0.15) is 0 Å². The normalized spacial score (nSPS) is 25.7. The lowest BCUT2D eigenvalue weighted by atomic mass is 9.11. The summed E-state index contributed by atoms with van der Waals surface area (Å²) < 4.78 is 0. The molecule has 332 valence electrons. The van der Waals surface area contributed by atoms with E-state index in [4.69, 9.17) is 0 Å². The molecule has 0 N–H and O–H groups in total. The average molecular weight is 886 g/mol. The van der Waals surface area contributed by atoms with Crippen LogP contribution in [0.1, 0.15) is 96.2 Å². The Morgan fingerprint density at radius 3 is 1.68 bits per heavy atom. The zero-order valence-electron chi connectivity index (χ0n) is 39.1. The lowest BCUT2D eigenvalue weighted by Crippen LogP contribution is -2.88. The molecule has 5 saturated carbocycles. The molecule has 0 radical (unpaired) electrons. The maximum Gasteiger partial charge on any atom is 0.0714 e. The Hall–Kier alpha value is -6.96. The molecule has 1 nitrogen and oxygen atoms in total. The number of fused-ring (bicyclic) bond motifs is 11. The minimum Gasteiger partial charge on any atom is -0.310 e. The molecule has 0 heterocycles. The van der Waals surface area contributed by atoms with Crippen molar-refractivity contribution < 1.29 is 0 Å². The zero-order chi connectivity index (χ0) is 45.1. The van der Waals surface area contributed by atoms with E-state index in [9.17, 15) is 0 Å². The molecule has 7 aliphatic carbocycles. The van der Waals surface area contributed by atoms with Crippen LogP contribution in [0.15, 0.2) is 206 Å². The maximum atomic E-state index is 2.69. The van der Waals surface area contributed by atoms with E-state index >= 15 is 0 Å². The molecule has 0 saturated heterocycles. The Kier molecular flexibility index (Phi) is 7.94. The summed E-state index contributed by atoms with van der Waals surface area (Å²) in [4.78, 5) is 2.66. The number of nitrogens with zero attached hydrogens (tertiary/aromatic N) is 1. The van der Waals surface area contributed by atoms with Crippen LogP contribution < -0.4 is 4.90 Å². The van der Waals surface area contributed by atoms with E-state index in [1.165, 1.54) is 140 Å². The zero-order valence-corrected chi connectivity index (χ0v) is 39.1. The molecule has 4 atom stereocenters. The molecule has 9 aromatic carbocycles. The van der Waals surface area contributed by atoms with Crippen molar-refractivity contribution in [1.82, 2.24) is 0 Å². The first-order valence-electron chi connectivity index (χ1n) is 26.2. The van der Waals surface area contributed by atoms with Crippen molar-refractivity contribution in [3.63, 3.8) is 0 Å². The fraction of sp³-hybridized carbons (Fsp3) is 0.235. The lowest BCUT2D eigenvalue weighted by molar-refractivity contribution is -0.412. The van der Waals surface area contributed by atoms with Gasteiger partial charge in [-0.25, -0.2) is 0 Å². The summed E-state index contributed by atoms with van der Waals surface area (Å²) in [5.74, 6) is 4.03. The van der Waals surface area contributed by atoms with Gasteiger partial charge in [0.15, 0.2) is 0 Å². The fourth-order valence-corrected chi connectivity index (χ4v) is 17.4. The third-order valence-electron chi connectivity index (χ3n) is 19.8. The quantitative estimate of drug-likeness (QED) is 0.154. The number of hydrogen-bond acceptors (Lipinski definition) is 1. The van der Waals surface area contributed by atoms with Gasteiger partial charge < -0.3 is 4.90 Å². The van der Waals surface area contributed by atoms with Crippen LogP contribution in [-0.4, -0.2) is 0 Å². The van der Waals surface area contributed by atoms with Gasteiger partial charge in [-0.2, -0.15) is 0 Å². The van der Waals surface area contributed by atoms with E-state index in [0.717, 1.165) is 23.7 Å². The number of hydrogen-bond donors (Lipinski definition) is 0. The van der Waals surface area contributed by atoms with Crippen molar-refractivity contribution in [2.75, 3.05) is 4.90 Å². The third-order valence-corrected chi connectivity index (χ3v) is 19.8. The summed E-state index contributed by atoms with van der Waals surface area (Å²) in [7, 11) is 0. The number of anilines is 3. The van der Waals surface area contributed by atoms with Crippen molar-refractivity contribution in [2.24, 2.45) is 29.1 Å². The van der Waals surface area contributed by atoms with Crippen LogP contribution in [-0.2, 0) is 10.8 Å². The van der Waals surface area contributed by atoms with Crippen molar-refractivity contribution in [2.45, 2.75) is 68.1 Å². The monoisotopic (exact) mass is 885 g/mol. The Morgan fingerprint density at radius 2 is 0.957 bits per heavy atom. The molecule has 0 aliphatic heterocycles. The van der Waals surface area contributed by atoms with Gasteiger partial charge in [-0.3, -0.25) is 0 Å². The maximum absolute atomic E-state index is 2.69. The molecule has 69 heavy (non-hydrogen) atoms. The molecule has 0 amide bonds. The van der Waals surface area contributed by atoms with E-state index in [-0.39, 0.29) is 5.41 Å². The number of para-hydroxylation sites is 1. The minimum atomic E-state index is -0.506. The molecule has 0 aromatic heterocycles. The number of benzene rings is 9. The topological polar surface area (TPSA) is 3.24 Å². The van der Waals surface area contributed by atoms with E-state index in [0.29, 0.717) is 11.3 Å². The highest BCUT2D eigenvalue weighted by atomic mass is 15.1. The average Bonchev–Trinajstić information content (AvgIpc) is 3.88. The summed E-state index contributed by atoms with van der Waals surface area (Å²) >= 11 is 0. The fourth-order valence-electron chi connectivity index (χ4n) is 17.4. The predicted molar refractivity (Wildman–Crippen MR) is 284 cm³/mol. The molecular weight excluding hydrogens is 831 g/mol. The van der Waals surface area contributed by atoms with Gasteiger partial charge in [0.2, 0.25) is 0 Å². The molecule has 16 rings (SSSR count). The van der Waals surface area contributed by atoms with Crippen LogP contribution in [0.2, 0.25) is 0 Å². The first-order valence-corrected chi connectivity index (χ1v) is 26.2. The van der Waals surface area contributed by atoms with Gasteiger partial charge in [0, 0.05) is 22.4 Å². The van der Waals surface area contributed by atoms with E-state index in [2.05, 4.69) is 211 Å². The number of rotatable bonds is 7. The van der Waals surface area contributed by atoms with Gasteiger partial charge >= 0.3 is 0 Å². The van der Waals surface area contributed by atoms with Crippen molar-refractivity contribution in [3.8, 4) is 33.4 Å². The van der Waals surface area contributed by atoms with Gasteiger partial charge in [-0.1, -0.05) is 195 Å². The molecule has 1 heteroatoms. The first kappa shape index (κ1) is 38.9. The first-order chi connectivity index (χ1) is 34.2. The van der Waals surface area contributed by atoms with Crippen LogP contribution in [0.3, 0.4) is 0 Å². The van der Waals surface area contributed by atoms with Crippen molar-refractivity contribution >= 4 is 27.8 Å². The van der Waals surface area contributed by atoms with Crippen LogP contribution in [0.4, 0.5) is 17.1 Å². The third kappa shape index (κ3) is 4.73. The standard InChI is InChI=1S/C68H55N/c1-3-18-43(19-4-1)51-30-15-20-44-21-16-31-57(65(44)51)56-29-10-14-35-62(56)69(50-36-37-55-54-28-9-13-34-60(54)68(61(55)42-50)63-40-47-38-48-41-64(68)67(47,48)63)49-25-17-24-46(39-49)66(45-22-5-2-6-23-45)58-32-11-7-26-52(58)53-27-8-12-33-59(53)66/h2,5-17,20-37,39,42-43,47-48,63-64H,1,3-4,18-19,38,40-41H2. The van der Waals surface area contributed by atoms with Crippen molar-refractivity contribution in [1.29, 1.82) is 0 Å². The summed E-state index contributed by atoms with van der Waals surface area (Å²) in [5.41, 5.74) is 22.1. The summed E-state index contributed by atoms with van der Waals surface area (Å²) in [6.07, 6.45) is 10.8. The molecule has 9 aromatic rings. The highest BCUT2D eigenvalue weighted by Crippen LogP contribution is 2.95. The van der Waals surface area contributed by atoms with Crippen molar-refractivity contribution in [3.05, 3.63) is 245 Å². The van der Waals surface area contributed by atoms with Gasteiger partial charge in [0.25, 0.3) is 0 Å². The van der Waals surface area contributed by atoms with Gasteiger partial charge in [0.05, 0.1) is 11.1 Å². The molecule has 0 bridgehead atoms. The van der Waals surface area contributed by atoms with Crippen LogP contribution in [0.25, 0.3) is 44.2 Å². The minimum absolute atomic E-state index is 0.113. The molecule has 7 aliphatic rings. The van der Waals surface area contributed by atoms with E-state index in [1.54, 1.807) is 11.1 Å². The second kappa shape index (κ2) is 14.1. The summed E-state index contributed by atoms with van der Waals surface area (Å²) in [6, 6.07) is 80.1. The van der Waals surface area contributed by atoms with E-state index in [1.807, 2.05) is 0 Å². The van der Waals surface area contributed by atoms with E-state index < -0.39 is 5.41 Å². The second-order valence-electron chi connectivity index (χ2n) is 22.0. The summed E-state index contributed by atoms with van der Waals surface area (Å²) in [5, 5.41) is 2.77. The Bertz CT molecular complexity index is 3520. The molecule has 4 unspecified atom stereocenters. The second-order valence-corrected chi connectivity index (χ2v) is 22.0. The predicted octanol–water partition coefficient (Wildman–Crippen LogP) is 17.3. The largest absolute Gasteiger partial charge is 0.310 e. The Morgan fingerprint density at radius 1 is 0.391 bits per heavy atom. The van der Waals surface area contributed by atoms with Gasteiger partial charge in [-0.15, -0.1) is 0 Å². The highest BCUT2D eigenvalue weighted by Gasteiger charge is 2.90. The highest BCUT2D eigenvalue weighted by molar-refractivity contribution is 6.04. The molecule has 2 spiro atoms. The Balaban J connectivity index is 0.951. The Labute approximate surface area is 406 Å². The lowest BCUT2D eigenvalue weighted by Gasteiger charge is -2.92. The molecule has 5 fully saturated rings.